The molecule has 19 heavy (non-hydrogen) atoms. The largest absolute Gasteiger partial charge is 0.368 e. The molecule has 0 fully saturated rings. The minimum absolute atomic E-state index is 0.229. The van der Waals surface area contributed by atoms with E-state index in [2.05, 4.69) is 19.9 Å². The average Bonchev–Trinajstić information content (AvgIpc) is 2.81. The van der Waals surface area contributed by atoms with Gasteiger partial charge in [-0.2, -0.15) is 15.0 Å². The highest BCUT2D eigenvalue weighted by atomic mass is 15.3. The van der Waals surface area contributed by atoms with Crippen LogP contribution in [0.5, 0.6) is 0 Å². The van der Waals surface area contributed by atoms with Crippen LogP contribution >= 0.6 is 0 Å². The second kappa shape index (κ2) is 4.49. The lowest BCUT2D eigenvalue weighted by molar-refractivity contribution is 0.651. The van der Waals surface area contributed by atoms with E-state index in [1.54, 1.807) is 6.33 Å². The molecule has 7 heteroatoms. The van der Waals surface area contributed by atoms with Crippen LogP contribution in [-0.2, 0) is 12.8 Å². The molecule has 0 aromatic carbocycles. The standard InChI is InChI=1S/C12H17N7/c1-18(2)11-15-10(13)16-12(17-11)19-7-14-8-5-3-4-6-9(8)19/h7H,3-6H2,1-2H3,(H2,13,15,16,17). The maximum atomic E-state index is 5.76. The first kappa shape index (κ1) is 11.9. The number of aromatic nitrogens is 5. The van der Waals surface area contributed by atoms with Crippen LogP contribution in [-0.4, -0.2) is 38.6 Å². The predicted molar refractivity (Wildman–Crippen MR) is 72.3 cm³/mol. The van der Waals surface area contributed by atoms with Crippen molar-refractivity contribution in [1.29, 1.82) is 0 Å². The van der Waals surface area contributed by atoms with E-state index in [0.717, 1.165) is 18.5 Å². The molecule has 0 spiro atoms. The van der Waals surface area contributed by atoms with Gasteiger partial charge in [0.25, 0.3) is 0 Å². The zero-order chi connectivity index (χ0) is 13.4. The Kier molecular flexibility index (Phi) is 2.81. The summed E-state index contributed by atoms with van der Waals surface area (Å²) in [7, 11) is 3.75. The Balaban J connectivity index is 2.09. The van der Waals surface area contributed by atoms with Crippen molar-refractivity contribution in [3.05, 3.63) is 17.7 Å². The van der Waals surface area contributed by atoms with Crippen LogP contribution in [0.4, 0.5) is 11.9 Å². The molecular formula is C12H17N7. The first-order valence-corrected chi connectivity index (χ1v) is 6.39. The third-order valence-electron chi connectivity index (χ3n) is 3.27. The highest BCUT2D eigenvalue weighted by molar-refractivity contribution is 5.37. The Labute approximate surface area is 111 Å². The monoisotopic (exact) mass is 259 g/mol. The molecule has 3 rings (SSSR count). The number of hydrogen-bond acceptors (Lipinski definition) is 6. The number of nitrogens with zero attached hydrogens (tertiary/aromatic N) is 6. The summed E-state index contributed by atoms with van der Waals surface area (Å²) in [4.78, 5) is 19.0. The molecule has 2 heterocycles. The first-order valence-electron chi connectivity index (χ1n) is 6.39. The normalized spacial score (nSPS) is 14.2. The van der Waals surface area contributed by atoms with Gasteiger partial charge in [0.05, 0.1) is 5.69 Å². The molecule has 2 N–H and O–H groups in total. The summed E-state index contributed by atoms with van der Waals surface area (Å²) in [6, 6.07) is 0. The number of fused-ring (bicyclic) bond motifs is 1. The molecule has 1 aliphatic carbocycles. The molecule has 2 aromatic heterocycles. The zero-order valence-corrected chi connectivity index (χ0v) is 11.2. The van der Waals surface area contributed by atoms with Crippen LogP contribution in [0, 0.1) is 0 Å². The Bertz CT molecular complexity index is 602. The van der Waals surface area contributed by atoms with Crippen LogP contribution in [0.25, 0.3) is 5.95 Å². The second-order valence-electron chi connectivity index (χ2n) is 4.90. The second-order valence-corrected chi connectivity index (χ2v) is 4.90. The lowest BCUT2D eigenvalue weighted by atomic mass is 10.0. The number of imidazole rings is 1. The number of nitrogen functional groups attached to an aromatic ring is 1. The predicted octanol–water partition coefficient (Wildman–Crippen LogP) is 0.584. The summed E-state index contributed by atoms with van der Waals surface area (Å²) < 4.78 is 1.93. The van der Waals surface area contributed by atoms with Gasteiger partial charge in [0.2, 0.25) is 17.8 Å². The van der Waals surface area contributed by atoms with Gasteiger partial charge in [0.1, 0.15) is 6.33 Å². The number of rotatable bonds is 2. The van der Waals surface area contributed by atoms with Crippen LogP contribution < -0.4 is 10.6 Å². The van der Waals surface area contributed by atoms with Crippen LogP contribution in [0.2, 0.25) is 0 Å². The molecule has 0 amide bonds. The molecule has 100 valence electrons. The van der Waals surface area contributed by atoms with Gasteiger partial charge >= 0.3 is 0 Å². The van der Waals surface area contributed by atoms with Crippen LogP contribution in [0.15, 0.2) is 6.33 Å². The van der Waals surface area contributed by atoms with Crippen molar-refractivity contribution in [3.63, 3.8) is 0 Å². The molecule has 0 radical (unpaired) electrons. The van der Waals surface area contributed by atoms with Crippen molar-refractivity contribution in [2.45, 2.75) is 25.7 Å². The summed E-state index contributed by atoms with van der Waals surface area (Å²) >= 11 is 0. The van der Waals surface area contributed by atoms with E-state index in [0.29, 0.717) is 11.9 Å². The Morgan fingerprint density at radius 3 is 2.74 bits per heavy atom. The fourth-order valence-corrected chi connectivity index (χ4v) is 2.32. The maximum Gasteiger partial charge on any atom is 0.241 e. The SMILES string of the molecule is CN(C)c1nc(N)nc(-n2cnc3c2CCCC3)n1. The van der Waals surface area contributed by atoms with Crippen molar-refractivity contribution >= 4 is 11.9 Å². The third kappa shape index (κ3) is 2.11. The van der Waals surface area contributed by atoms with Crippen molar-refractivity contribution in [2.24, 2.45) is 0 Å². The van der Waals surface area contributed by atoms with E-state index in [4.69, 9.17) is 5.73 Å². The summed E-state index contributed by atoms with van der Waals surface area (Å²) in [5.74, 6) is 1.33. The van der Waals surface area contributed by atoms with Gasteiger partial charge in [-0.15, -0.1) is 0 Å². The Morgan fingerprint density at radius 1 is 1.16 bits per heavy atom. The first-order chi connectivity index (χ1) is 9.15. The number of nitrogens with two attached hydrogens (primary N) is 1. The van der Waals surface area contributed by atoms with Gasteiger partial charge in [0, 0.05) is 19.8 Å². The molecule has 1 aliphatic rings. The molecule has 0 saturated carbocycles. The minimum atomic E-state index is 0.229. The van der Waals surface area contributed by atoms with Gasteiger partial charge in [-0.25, -0.2) is 4.98 Å². The van der Waals surface area contributed by atoms with Crippen molar-refractivity contribution in [1.82, 2.24) is 24.5 Å². The topological polar surface area (TPSA) is 85.8 Å². The van der Waals surface area contributed by atoms with Crippen LogP contribution in [0.1, 0.15) is 24.2 Å². The van der Waals surface area contributed by atoms with Crippen LogP contribution in [0.3, 0.4) is 0 Å². The minimum Gasteiger partial charge on any atom is -0.368 e. The zero-order valence-electron chi connectivity index (χ0n) is 11.2. The molecule has 0 saturated heterocycles. The van der Waals surface area contributed by atoms with E-state index in [9.17, 15) is 0 Å². The molecule has 7 nitrogen and oxygen atoms in total. The smallest absolute Gasteiger partial charge is 0.241 e. The van der Waals surface area contributed by atoms with Crippen molar-refractivity contribution in [3.8, 4) is 5.95 Å². The van der Waals surface area contributed by atoms with E-state index < -0.39 is 0 Å². The van der Waals surface area contributed by atoms with E-state index in [1.807, 2.05) is 23.6 Å². The molecular weight excluding hydrogens is 242 g/mol. The Hall–Kier alpha value is -2.18. The van der Waals surface area contributed by atoms with E-state index in [-0.39, 0.29) is 5.95 Å². The highest BCUT2D eigenvalue weighted by Gasteiger charge is 2.18. The van der Waals surface area contributed by atoms with E-state index >= 15 is 0 Å². The van der Waals surface area contributed by atoms with Crippen molar-refractivity contribution < 1.29 is 0 Å². The lowest BCUT2D eigenvalue weighted by Crippen LogP contribution is -2.17. The summed E-state index contributed by atoms with van der Waals surface area (Å²) in [5.41, 5.74) is 8.10. The van der Waals surface area contributed by atoms with Crippen molar-refractivity contribution in [2.75, 3.05) is 24.7 Å². The molecule has 0 unspecified atom stereocenters. The fourth-order valence-electron chi connectivity index (χ4n) is 2.32. The van der Waals surface area contributed by atoms with E-state index in [1.165, 1.54) is 18.5 Å². The molecule has 0 bridgehead atoms. The van der Waals surface area contributed by atoms with Gasteiger partial charge in [0.15, 0.2) is 0 Å². The summed E-state index contributed by atoms with van der Waals surface area (Å²) in [5, 5.41) is 0. The summed E-state index contributed by atoms with van der Waals surface area (Å²) in [6.07, 6.45) is 6.21. The van der Waals surface area contributed by atoms with Gasteiger partial charge < -0.3 is 10.6 Å². The number of anilines is 2. The van der Waals surface area contributed by atoms with Gasteiger partial charge in [-0.05, 0) is 25.7 Å². The Morgan fingerprint density at radius 2 is 1.95 bits per heavy atom. The van der Waals surface area contributed by atoms with Gasteiger partial charge in [-0.3, -0.25) is 4.57 Å². The number of hydrogen-bond donors (Lipinski definition) is 1. The molecule has 0 atom stereocenters. The summed E-state index contributed by atoms with van der Waals surface area (Å²) in [6.45, 7) is 0. The lowest BCUT2D eigenvalue weighted by Gasteiger charge is -2.15. The average molecular weight is 259 g/mol. The number of aryl methyl sites for hydroxylation is 1. The maximum absolute atomic E-state index is 5.76. The third-order valence-corrected chi connectivity index (χ3v) is 3.27. The van der Waals surface area contributed by atoms with Gasteiger partial charge in [-0.1, -0.05) is 0 Å². The highest BCUT2D eigenvalue weighted by Crippen LogP contribution is 2.22. The quantitative estimate of drug-likeness (QED) is 0.849. The molecule has 0 aliphatic heterocycles. The fraction of sp³-hybridized carbons (Fsp3) is 0.500. The molecule has 2 aromatic rings.